The molecule has 2 spiro atoms. The number of carboxylic acid groups (broad SMARTS) is 1. The van der Waals surface area contributed by atoms with Crippen LogP contribution in [0, 0.1) is 5.41 Å². The second-order valence-electron chi connectivity index (χ2n) is 5.70. The van der Waals surface area contributed by atoms with E-state index in [1.54, 1.807) is 0 Å². The fraction of sp³-hybridized carbons (Fsp3) is 0.833. The second-order valence-corrected chi connectivity index (χ2v) is 5.70. The largest absolute Gasteiger partial charge is 0.490 e. The van der Waals surface area contributed by atoms with Crippen LogP contribution in [0.4, 0.5) is 13.2 Å². The molecule has 3 N–H and O–H groups in total. The van der Waals surface area contributed by atoms with E-state index < -0.39 is 17.7 Å². The Hall–Kier alpha value is -1.35. The zero-order chi connectivity index (χ0) is 15.7. The molecule has 0 radical (unpaired) electrons. The van der Waals surface area contributed by atoms with Crippen LogP contribution in [-0.2, 0) is 14.3 Å². The van der Waals surface area contributed by atoms with Gasteiger partial charge in [-0.3, -0.25) is 4.79 Å². The zero-order valence-corrected chi connectivity index (χ0v) is 11.3. The Morgan fingerprint density at radius 3 is 2.24 bits per heavy atom. The number of halogens is 3. The van der Waals surface area contributed by atoms with E-state index in [1.807, 2.05) is 0 Å². The van der Waals surface area contributed by atoms with Gasteiger partial charge >= 0.3 is 12.1 Å². The molecule has 0 aromatic carbocycles. The van der Waals surface area contributed by atoms with Crippen molar-refractivity contribution in [2.24, 2.45) is 5.41 Å². The Kier molecular flexibility index (Phi) is 4.16. The molecule has 6 nitrogen and oxygen atoms in total. The van der Waals surface area contributed by atoms with Crippen molar-refractivity contribution in [1.29, 1.82) is 0 Å². The van der Waals surface area contributed by atoms with Crippen molar-refractivity contribution in [2.75, 3.05) is 26.2 Å². The van der Waals surface area contributed by atoms with Gasteiger partial charge in [-0.15, -0.1) is 0 Å². The minimum atomic E-state index is -5.08. The average molecular weight is 310 g/mol. The number of aliphatic carboxylic acids is 1. The minimum Gasteiger partial charge on any atom is -0.475 e. The Morgan fingerprint density at radius 2 is 1.81 bits per heavy atom. The highest BCUT2D eigenvalue weighted by Crippen LogP contribution is 2.46. The molecule has 3 aliphatic rings. The number of hydrogen-bond donors (Lipinski definition) is 3. The van der Waals surface area contributed by atoms with Crippen LogP contribution in [0.25, 0.3) is 0 Å². The van der Waals surface area contributed by atoms with Gasteiger partial charge in [-0.05, 0) is 37.8 Å². The summed E-state index contributed by atoms with van der Waals surface area (Å²) in [5.41, 5.74) is -0.106. The minimum absolute atomic E-state index is 0.113. The topological polar surface area (TPSA) is 91.0 Å². The molecule has 3 aliphatic heterocycles. The quantitative estimate of drug-likeness (QED) is 0.559. The number of amides is 1. The van der Waals surface area contributed by atoms with E-state index in [4.69, 9.17) is 14.6 Å². The number of hydrogen-bond acceptors (Lipinski definition) is 4. The Labute approximate surface area is 119 Å². The fourth-order valence-corrected chi connectivity index (χ4v) is 2.81. The number of epoxide rings is 1. The first-order chi connectivity index (χ1) is 9.69. The number of carbonyl (C=O) groups excluding carboxylic acids is 1. The number of rotatable bonds is 0. The van der Waals surface area contributed by atoms with E-state index >= 15 is 0 Å². The van der Waals surface area contributed by atoms with Crippen molar-refractivity contribution in [3.8, 4) is 0 Å². The Balaban J connectivity index is 0.000000199. The maximum Gasteiger partial charge on any atom is 0.490 e. The lowest BCUT2D eigenvalue weighted by atomic mass is 9.70. The van der Waals surface area contributed by atoms with E-state index in [-0.39, 0.29) is 5.91 Å². The molecule has 9 heteroatoms. The van der Waals surface area contributed by atoms with E-state index in [0.717, 1.165) is 26.1 Å². The van der Waals surface area contributed by atoms with Crippen molar-refractivity contribution in [2.45, 2.75) is 31.0 Å². The Morgan fingerprint density at radius 1 is 1.29 bits per heavy atom. The van der Waals surface area contributed by atoms with Crippen LogP contribution in [0.15, 0.2) is 0 Å². The van der Waals surface area contributed by atoms with Gasteiger partial charge in [0, 0.05) is 6.54 Å². The van der Waals surface area contributed by atoms with Crippen LogP contribution >= 0.6 is 0 Å². The molecule has 3 saturated heterocycles. The predicted molar refractivity (Wildman–Crippen MR) is 64.5 cm³/mol. The van der Waals surface area contributed by atoms with Crippen molar-refractivity contribution >= 4 is 11.9 Å². The molecular formula is C12H17F3N2O4. The molecule has 1 atom stereocenters. The molecule has 0 bridgehead atoms. The molecule has 0 aromatic heterocycles. The van der Waals surface area contributed by atoms with Crippen LogP contribution in [0.1, 0.15) is 19.3 Å². The number of piperidine rings is 2. The number of ether oxygens (including phenoxy) is 1. The highest BCUT2D eigenvalue weighted by molar-refractivity contribution is 5.88. The van der Waals surface area contributed by atoms with E-state index in [0.29, 0.717) is 12.0 Å². The molecule has 1 amide bonds. The lowest BCUT2D eigenvalue weighted by molar-refractivity contribution is -0.192. The molecule has 21 heavy (non-hydrogen) atoms. The van der Waals surface area contributed by atoms with Crippen LogP contribution in [0.5, 0.6) is 0 Å². The van der Waals surface area contributed by atoms with E-state index in [1.165, 1.54) is 12.8 Å². The van der Waals surface area contributed by atoms with Gasteiger partial charge in [0.05, 0.1) is 6.61 Å². The number of alkyl halides is 3. The van der Waals surface area contributed by atoms with Gasteiger partial charge in [0.1, 0.15) is 0 Å². The number of carboxylic acids is 1. The van der Waals surface area contributed by atoms with Gasteiger partial charge in [-0.25, -0.2) is 4.79 Å². The summed E-state index contributed by atoms with van der Waals surface area (Å²) in [5.74, 6) is -2.64. The third kappa shape index (κ3) is 3.65. The number of carbonyl (C=O) groups is 2. The standard InChI is InChI=1S/C10H16N2O2.C2HF3O2/c13-8-10(7-14-10)5-9(6-12-8)1-3-11-4-2-9;3-2(4,5)1(6)7/h11H,1-7H2,(H,12,13);(H,6,7). The first kappa shape index (κ1) is 16.0. The van der Waals surface area contributed by atoms with Crippen molar-refractivity contribution in [1.82, 2.24) is 10.6 Å². The molecule has 1 unspecified atom stereocenters. The molecule has 3 rings (SSSR count). The summed E-state index contributed by atoms with van der Waals surface area (Å²) in [6.07, 6.45) is -1.82. The smallest absolute Gasteiger partial charge is 0.475 e. The summed E-state index contributed by atoms with van der Waals surface area (Å²) in [4.78, 5) is 20.4. The maximum atomic E-state index is 11.6. The molecule has 120 valence electrons. The predicted octanol–water partition coefficient (Wildman–Crippen LogP) is 0.278. The third-order valence-corrected chi connectivity index (χ3v) is 4.10. The van der Waals surface area contributed by atoms with Crippen LogP contribution in [0.3, 0.4) is 0 Å². The molecule has 0 saturated carbocycles. The van der Waals surface area contributed by atoms with Crippen molar-refractivity contribution in [3.63, 3.8) is 0 Å². The van der Waals surface area contributed by atoms with Gasteiger partial charge < -0.3 is 20.5 Å². The van der Waals surface area contributed by atoms with Crippen LogP contribution in [-0.4, -0.2) is 55.0 Å². The summed E-state index contributed by atoms with van der Waals surface area (Å²) in [5, 5.41) is 13.5. The molecule has 3 fully saturated rings. The maximum absolute atomic E-state index is 11.6. The summed E-state index contributed by atoms with van der Waals surface area (Å²) in [7, 11) is 0. The van der Waals surface area contributed by atoms with Crippen LogP contribution in [0.2, 0.25) is 0 Å². The SMILES string of the molecule is O=C(O)C(F)(F)F.O=C1NCC2(CCNCC2)CC12CO2. The van der Waals surface area contributed by atoms with Gasteiger partial charge in [-0.2, -0.15) is 13.2 Å². The molecule has 0 aliphatic carbocycles. The summed E-state index contributed by atoms with van der Waals surface area (Å²) in [6, 6.07) is 0. The van der Waals surface area contributed by atoms with Crippen LogP contribution < -0.4 is 10.6 Å². The first-order valence-electron chi connectivity index (χ1n) is 6.62. The normalized spacial score (nSPS) is 30.3. The van der Waals surface area contributed by atoms with Crippen molar-refractivity contribution in [3.05, 3.63) is 0 Å². The Bertz CT molecular complexity index is 429. The average Bonchev–Trinajstić information content (AvgIpc) is 3.16. The summed E-state index contributed by atoms with van der Waals surface area (Å²) >= 11 is 0. The number of nitrogens with one attached hydrogen (secondary N) is 2. The molecule has 3 heterocycles. The van der Waals surface area contributed by atoms with E-state index in [9.17, 15) is 18.0 Å². The molecular weight excluding hydrogens is 293 g/mol. The van der Waals surface area contributed by atoms with Gasteiger partial charge in [-0.1, -0.05) is 0 Å². The summed E-state index contributed by atoms with van der Waals surface area (Å²) < 4.78 is 37.1. The summed E-state index contributed by atoms with van der Waals surface area (Å²) in [6.45, 7) is 3.63. The van der Waals surface area contributed by atoms with E-state index in [2.05, 4.69) is 10.6 Å². The first-order valence-corrected chi connectivity index (χ1v) is 6.62. The van der Waals surface area contributed by atoms with Gasteiger partial charge in [0.2, 0.25) is 0 Å². The second kappa shape index (κ2) is 5.45. The van der Waals surface area contributed by atoms with Crippen molar-refractivity contribution < 1.29 is 32.6 Å². The van der Waals surface area contributed by atoms with Gasteiger partial charge in [0.15, 0.2) is 5.60 Å². The molecule has 0 aromatic rings. The van der Waals surface area contributed by atoms with Gasteiger partial charge in [0.25, 0.3) is 5.91 Å². The monoisotopic (exact) mass is 310 g/mol. The third-order valence-electron chi connectivity index (χ3n) is 4.10. The highest BCUT2D eigenvalue weighted by Gasteiger charge is 2.59. The zero-order valence-electron chi connectivity index (χ0n) is 11.3. The lowest BCUT2D eigenvalue weighted by Gasteiger charge is -2.42. The fourth-order valence-electron chi connectivity index (χ4n) is 2.81. The highest BCUT2D eigenvalue weighted by atomic mass is 19.4. The lowest BCUT2D eigenvalue weighted by Crippen LogP contribution is -2.55.